The van der Waals surface area contributed by atoms with Gasteiger partial charge in [-0.1, -0.05) is 24.3 Å². The van der Waals surface area contributed by atoms with Gasteiger partial charge in [-0.2, -0.15) is 0 Å². The molecule has 6 heteroatoms. The van der Waals surface area contributed by atoms with Crippen molar-refractivity contribution in [3.63, 3.8) is 0 Å². The molecule has 1 atom stereocenters. The predicted molar refractivity (Wildman–Crippen MR) is 108 cm³/mol. The number of aromatic nitrogens is 2. The number of thioether (sulfide) groups is 1. The van der Waals surface area contributed by atoms with Crippen molar-refractivity contribution in [1.29, 1.82) is 0 Å². The highest BCUT2D eigenvalue weighted by molar-refractivity contribution is 8.00. The first-order valence-electron chi connectivity index (χ1n) is 8.42. The van der Waals surface area contributed by atoms with Crippen molar-refractivity contribution in [3.05, 3.63) is 69.8 Å². The molecule has 0 saturated carbocycles. The minimum absolute atomic E-state index is 0.0707. The number of nitrogens with zero attached hydrogens (tertiary/aromatic N) is 1. The van der Waals surface area contributed by atoms with E-state index in [0.717, 1.165) is 16.8 Å². The van der Waals surface area contributed by atoms with Crippen molar-refractivity contribution in [2.75, 3.05) is 11.1 Å². The summed E-state index contributed by atoms with van der Waals surface area (Å²) in [5, 5.41) is 3.42. The van der Waals surface area contributed by atoms with Gasteiger partial charge in [0.05, 0.1) is 21.9 Å². The third-order valence-corrected chi connectivity index (χ3v) is 5.51. The summed E-state index contributed by atoms with van der Waals surface area (Å²) in [7, 11) is 0. The molecule has 0 fully saturated rings. The number of amides is 1. The molecular formula is C20H21N3O2S. The van der Waals surface area contributed by atoms with Gasteiger partial charge in [0.2, 0.25) is 5.91 Å². The maximum Gasteiger partial charge on any atom is 0.258 e. The number of para-hydroxylation sites is 1. The minimum atomic E-state index is -0.155. The number of carbonyl (C=O) groups excluding carboxylic acids is 1. The van der Waals surface area contributed by atoms with Gasteiger partial charge in [0.25, 0.3) is 5.56 Å². The minimum Gasteiger partial charge on any atom is -0.325 e. The van der Waals surface area contributed by atoms with E-state index in [1.54, 1.807) is 6.07 Å². The molecule has 2 aromatic carbocycles. The van der Waals surface area contributed by atoms with Gasteiger partial charge in [-0.05, 0) is 50.1 Å². The fourth-order valence-electron chi connectivity index (χ4n) is 2.65. The van der Waals surface area contributed by atoms with Crippen LogP contribution in [0.5, 0.6) is 0 Å². The van der Waals surface area contributed by atoms with Crippen LogP contribution in [-0.4, -0.2) is 21.6 Å². The number of rotatable bonds is 5. The van der Waals surface area contributed by atoms with Crippen molar-refractivity contribution in [1.82, 2.24) is 9.97 Å². The topological polar surface area (TPSA) is 74.8 Å². The monoisotopic (exact) mass is 367 g/mol. The summed E-state index contributed by atoms with van der Waals surface area (Å²) in [5.74, 6) is 0.794. The average Bonchev–Trinajstić information content (AvgIpc) is 2.63. The van der Waals surface area contributed by atoms with E-state index in [4.69, 9.17) is 0 Å². The van der Waals surface area contributed by atoms with Crippen molar-refractivity contribution in [2.45, 2.75) is 26.0 Å². The van der Waals surface area contributed by atoms with Gasteiger partial charge in [-0.15, -0.1) is 11.8 Å². The van der Waals surface area contributed by atoms with Crippen LogP contribution >= 0.6 is 11.8 Å². The van der Waals surface area contributed by atoms with Gasteiger partial charge in [-0.25, -0.2) is 4.98 Å². The number of hydrogen-bond donors (Lipinski definition) is 2. The Balaban J connectivity index is 1.67. The maximum atomic E-state index is 12.3. The van der Waals surface area contributed by atoms with Crippen LogP contribution in [0, 0.1) is 13.8 Å². The highest BCUT2D eigenvalue weighted by atomic mass is 32.2. The second-order valence-electron chi connectivity index (χ2n) is 6.22. The number of aromatic amines is 1. The number of anilines is 1. The normalized spacial score (nSPS) is 12.1. The van der Waals surface area contributed by atoms with Crippen molar-refractivity contribution >= 4 is 34.3 Å². The summed E-state index contributed by atoms with van der Waals surface area (Å²) in [6.07, 6.45) is 0. The van der Waals surface area contributed by atoms with E-state index in [-0.39, 0.29) is 22.5 Å². The molecule has 0 saturated heterocycles. The molecule has 1 amide bonds. The molecule has 0 radical (unpaired) electrons. The van der Waals surface area contributed by atoms with E-state index in [1.807, 2.05) is 57.2 Å². The summed E-state index contributed by atoms with van der Waals surface area (Å²) in [6.45, 7) is 5.94. The number of fused-ring (bicyclic) bond motifs is 1. The molecule has 0 aliphatic heterocycles. The van der Waals surface area contributed by atoms with Crippen molar-refractivity contribution in [3.8, 4) is 0 Å². The molecule has 2 N–H and O–H groups in total. The molecule has 26 heavy (non-hydrogen) atoms. The highest BCUT2D eigenvalue weighted by Crippen LogP contribution is 2.26. The first-order valence-corrected chi connectivity index (χ1v) is 9.47. The fraction of sp³-hybridized carbons (Fsp3) is 0.250. The number of aryl methyl sites for hydroxylation is 1. The van der Waals surface area contributed by atoms with Crippen LogP contribution in [-0.2, 0) is 4.79 Å². The third kappa shape index (κ3) is 3.96. The Bertz CT molecular complexity index is 1010. The fourth-order valence-corrected chi connectivity index (χ4v) is 3.39. The lowest BCUT2D eigenvalue weighted by molar-refractivity contribution is -0.113. The number of H-pyrrole nitrogens is 1. The Labute approximate surface area is 156 Å². The summed E-state index contributed by atoms with van der Waals surface area (Å²) in [4.78, 5) is 31.8. The standard InChI is InChI=1S/C20H21N3O2S/c1-12-7-6-10-16(13(12)2)21-18(24)11-26-14(3)19-22-17-9-5-4-8-15(17)20(25)23-19/h4-10,14H,11H2,1-3H3,(H,21,24)(H,22,23,25). The molecular weight excluding hydrogens is 346 g/mol. The van der Waals surface area contributed by atoms with Gasteiger partial charge in [-0.3, -0.25) is 9.59 Å². The first-order chi connectivity index (χ1) is 12.5. The summed E-state index contributed by atoms with van der Waals surface area (Å²) < 4.78 is 0. The van der Waals surface area contributed by atoms with E-state index in [2.05, 4.69) is 15.3 Å². The zero-order valence-electron chi connectivity index (χ0n) is 15.0. The van der Waals surface area contributed by atoms with Crippen LogP contribution in [0.4, 0.5) is 5.69 Å². The molecule has 0 spiro atoms. The van der Waals surface area contributed by atoms with Crippen molar-refractivity contribution < 1.29 is 4.79 Å². The predicted octanol–water partition coefficient (Wildman–Crippen LogP) is 3.97. The first kappa shape index (κ1) is 18.2. The zero-order chi connectivity index (χ0) is 18.7. The Kier molecular flexibility index (Phi) is 5.42. The molecule has 1 heterocycles. The lowest BCUT2D eigenvalue weighted by atomic mass is 10.1. The quantitative estimate of drug-likeness (QED) is 0.715. The van der Waals surface area contributed by atoms with E-state index < -0.39 is 0 Å². The number of benzene rings is 2. The molecule has 1 aromatic heterocycles. The third-order valence-electron chi connectivity index (χ3n) is 4.36. The van der Waals surface area contributed by atoms with Crippen LogP contribution < -0.4 is 10.9 Å². The van der Waals surface area contributed by atoms with E-state index in [9.17, 15) is 9.59 Å². The Morgan fingerprint density at radius 3 is 2.77 bits per heavy atom. The largest absolute Gasteiger partial charge is 0.325 e. The lowest BCUT2D eigenvalue weighted by Crippen LogP contribution is -2.17. The molecule has 0 bridgehead atoms. The van der Waals surface area contributed by atoms with Crippen molar-refractivity contribution in [2.24, 2.45) is 0 Å². The highest BCUT2D eigenvalue weighted by Gasteiger charge is 2.14. The van der Waals surface area contributed by atoms with E-state index >= 15 is 0 Å². The SMILES string of the molecule is Cc1cccc(NC(=O)CSC(C)c2nc3ccccc3c(=O)[nH]2)c1C. The Morgan fingerprint density at radius 1 is 1.19 bits per heavy atom. The van der Waals surface area contributed by atoms with Gasteiger partial charge >= 0.3 is 0 Å². The number of nitrogens with one attached hydrogen (secondary N) is 2. The Hall–Kier alpha value is -2.60. The smallest absolute Gasteiger partial charge is 0.258 e. The second kappa shape index (κ2) is 7.74. The molecule has 0 aliphatic rings. The van der Waals surface area contributed by atoms with Crippen LogP contribution in [0.2, 0.25) is 0 Å². The van der Waals surface area contributed by atoms with Gasteiger partial charge in [0, 0.05) is 5.69 Å². The van der Waals surface area contributed by atoms with Crippen LogP contribution in [0.25, 0.3) is 10.9 Å². The molecule has 0 aliphatic carbocycles. The van der Waals surface area contributed by atoms with E-state index in [1.165, 1.54) is 11.8 Å². The van der Waals surface area contributed by atoms with Crippen LogP contribution in [0.15, 0.2) is 47.3 Å². The maximum absolute atomic E-state index is 12.3. The number of hydrogen-bond acceptors (Lipinski definition) is 4. The lowest BCUT2D eigenvalue weighted by Gasteiger charge is -2.13. The van der Waals surface area contributed by atoms with Crippen LogP contribution in [0.1, 0.15) is 29.1 Å². The molecule has 3 aromatic rings. The average molecular weight is 367 g/mol. The number of carbonyl (C=O) groups is 1. The summed E-state index contributed by atoms with van der Waals surface area (Å²) in [5.41, 5.74) is 3.55. The summed E-state index contributed by atoms with van der Waals surface area (Å²) in [6, 6.07) is 13.1. The van der Waals surface area contributed by atoms with Gasteiger partial charge < -0.3 is 10.3 Å². The second-order valence-corrected chi connectivity index (χ2v) is 7.55. The van der Waals surface area contributed by atoms with Gasteiger partial charge in [0.1, 0.15) is 5.82 Å². The van der Waals surface area contributed by atoms with E-state index in [0.29, 0.717) is 16.7 Å². The summed E-state index contributed by atoms with van der Waals surface area (Å²) >= 11 is 1.44. The zero-order valence-corrected chi connectivity index (χ0v) is 15.8. The molecule has 5 nitrogen and oxygen atoms in total. The molecule has 134 valence electrons. The Morgan fingerprint density at radius 2 is 1.96 bits per heavy atom. The van der Waals surface area contributed by atoms with Gasteiger partial charge in [0.15, 0.2) is 0 Å². The molecule has 1 unspecified atom stereocenters. The van der Waals surface area contributed by atoms with Crippen LogP contribution in [0.3, 0.4) is 0 Å². The molecule has 3 rings (SSSR count).